The third-order valence-corrected chi connectivity index (χ3v) is 4.79. The van der Waals surface area contributed by atoms with Crippen LogP contribution in [0.2, 0.25) is 0 Å². The Hall–Kier alpha value is -3.28. The van der Waals surface area contributed by atoms with Crippen LogP contribution in [0.15, 0.2) is 53.2 Å². The number of carbonyl (C=O) groups is 1. The van der Waals surface area contributed by atoms with Crippen LogP contribution in [-0.4, -0.2) is 29.1 Å². The highest BCUT2D eigenvalue weighted by atomic mass is 32.2. The van der Waals surface area contributed by atoms with Crippen LogP contribution in [0.25, 0.3) is 11.1 Å². The van der Waals surface area contributed by atoms with Gasteiger partial charge >= 0.3 is 6.03 Å². The smallest absolute Gasteiger partial charge is 0.326 e. The van der Waals surface area contributed by atoms with E-state index in [1.54, 1.807) is 36.4 Å². The van der Waals surface area contributed by atoms with Gasteiger partial charge in [-0.25, -0.2) is 13.2 Å². The SMILES string of the molecule is CC(C)(C)c1cc(NC(=O)Nc2ccc(-c3ccc(CS(=O)(=O)[O-])nc3)cc2)on1.[NH4+]. The third-order valence-electron chi connectivity index (χ3n) is 4.14. The van der Waals surface area contributed by atoms with Gasteiger partial charge in [-0.1, -0.05) is 44.1 Å². The van der Waals surface area contributed by atoms with E-state index in [1.165, 1.54) is 12.3 Å². The molecule has 2 heterocycles. The van der Waals surface area contributed by atoms with E-state index in [2.05, 4.69) is 20.8 Å². The van der Waals surface area contributed by atoms with Crippen molar-refractivity contribution in [3.63, 3.8) is 0 Å². The number of nitrogens with one attached hydrogen (secondary N) is 2. The lowest BCUT2D eigenvalue weighted by atomic mass is 9.92. The molecule has 0 saturated carbocycles. The molecule has 3 rings (SSSR count). The first-order valence-corrected chi connectivity index (χ1v) is 10.6. The van der Waals surface area contributed by atoms with Crippen LogP contribution >= 0.6 is 0 Å². The number of anilines is 2. The molecule has 0 radical (unpaired) electrons. The van der Waals surface area contributed by atoms with Crippen LogP contribution in [0.4, 0.5) is 16.4 Å². The predicted octanol–water partition coefficient (Wildman–Crippen LogP) is 4.10. The summed E-state index contributed by atoms with van der Waals surface area (Å²) in [6.07, 6.45) is 1.49. The van der Waals surface area contributed by atoms with Crippen molar-refractivity contribution in [2.75, 3.05) is 10.6 Å². The van der Waals surface area contributed by atoms with Gasteiger partial charge in [-0.05, 0) is 23.8 Å². The van der Waals surface area contributed by atoms with E-state index in [0.29, 0.717) is 5.69 Å². The lowest BCUT2D eigenvalue weighted by Crippen LogP contribution is -2.19. The van der Waals surface area contributed by atoms with Crippen molar-refractivity contribution >= 4 is 27.7 Å². The number of rotatable bonds is 5. The number of amides is 2. The summed E-state index contributed by atoms with van der Waals surface area (Å²) in [4.78, 5) is 16.2. The minimum Gasteiger partial charge on any atom is -0.748 e. The maximum atomic E-state index is 12.2. The van der Waals surface area contributed by atoms with Crippen LogP contribution in [0.1, 0.15) is 32.2 Å². The second-order valence-corrected chi connectivity index (χ2v) is 9.13. The molecule has 2 aromatic heterocycles. The number of nitrogens with zero attached hydrogens (tertiary/aromatic N) is 2. The molecule has 10 nitrogen and oxygen atoms in total. The summed E-state index contributed by atoms with van der Waals surface area (Å²) in [7, 11) is -4.37. The van der Waals surface area contributed by atoms with Gasteiger partial charge in [0, 0.05) is 28.9 Å². The second-order valence-electron chi connectivity index (χ2n) is 7.72. The standard InChI is InChI=1S/C20H22N4O5S.H3N/c1-20(2,3)17-10-18(29-24-17)23-19(25)22-15-7-4-13(5-8-15)14-6-9-16(21-11-14)12-30(26,27)28;/h4-11H,12H2,1-3H3,(H2,22,23,25)(H,26,27,28);1H3. The fourth-order valence-electron chi connectivity index (χ4n) is 2.57. The number of urea groups is 1. The fourth-order valence-corrected chi connectivity index (χ4v) is 3.10. The summed E-state index contributed by atoms with van der Waals surface area (Å²) in [5, 5.41) is 9.23. The molecule has 11 heteroatoms. The van der Waals surface area contributed by atoms with Gasteiger partial charge in [0.15, 0.2) is 0 Å². The number of benzene rings is 1. The minimum absolute atomic E-state index is 0. The van der Waals surface area contributed by atoms with Crippen molar-refractivity contribution in [3.8, 4) is 11.1 Å². The molecule has 0 bridgehead atoms. The van der Waals surface area contributed by atoms with E-state index in [-0.39, 0.29) is 23.1 Å². The van der Waals surface area contributed by atoms with Crippen LogP contribution in [-0.2, 0) is 21.3 Å². The predicted molar refractivity (Wildman–Crippen MR) is 117 cm³/mol. The molecule has 1 aromatic carbocycles. The van der Waals surface area contributed by atoms with Crippen molar-refractivity contribution < 1.29 is 22.3 Å². The molecular formula is C20H25N5O5S. The number of hydrogen-bond acceptors (Lipinski definition) is 7. The number of aromatic nitrogens is 2. The number of hydrogen-bond donors (Lipinski definition) is 3. The Kier molecular flexibility index (Phi) is 7.16. The minimum atomic E-state index is -4.37. The van der Waals surface area contributed by atoms with Gasteiger partial charge in [0.25, 0.3) is 0 Å². The third kappa shape index (κ3) is 6.88. The summed E-state index contributed by atoms with van der Waals surface area (Å²) in [5.41, 5.74) is 2.85. The van der Waals surface area contributed by atoms with Gasteiger partial charge in [-0.3, -0.25) is 10.3 Å². The van der Waals surface area contributed by atoms with Crippen LogP contribution < -0.4 is 16.8 Å². The van der Waals surface area contributed by atoms with E-state index in [9.17, 15) is 17.8 Å². The summed E-state index contributed by atoms with van der Waals surface area (Å²) in [5.74, 6) is -0.395. The molecule has 0 spiro atoms. The molecule has 6 N–H and O–H groups in total. The van der Waals surface area contributed by atoms with Crippen molar-refractivity contribution in [2.24, 2.45) is 0 Å². The molecule has 0 aliphatic rings. The molecule has 0 aliphatic carbocycles. The van der Waals surface area contributed by atoms with Crippen LogP contribution in [0, 0.1) is 0 Å². The summed E-state index contributed by atoms with van der Waals surface area (Å²) >= 11 is 0. The van der Waals surface area contributed by atoms with Crippen molar-refractivity contribution in [1.82, 2.24) is 16.3 Å². The first-order chi connectivity index (χ1) is 14.0. The largest absolute Gasteiger partial charge is 0.748 e. The number of quaternary nitrogens is 1. The zero-order valence-electron chi connectivity index (χ0n) is 17.7. The molecular weight excluding hydrogens is 422 g/mol. The zero-order valence-corrected chi connectivity index (χ0v) is 18.5. The van der Waals surface area contributed by atoms with Gasteiger partial charge in [0.05, 0.1) is 17.1 Å². The fraction of sp³-hybridized carbons (Fsp3) is 0.250. The van der Waals surface area contributed by atoms with Crippen molar-refractivity contribution in [3.05, 3.63) is 60.0 Å². The number of pyridine rings is 1. The maximum absolute atomic E-state index is 12.2. The molecule has 2 amide bonds. The van der Waals surface area contributed by atoms with E-state index >= 15 is 0 Å². The highest BCUT2D eigenvalue weighted by Gasteiger charge is 2.19. The Bertz CT molecular complexity index is 1130. The Morgan fingerprint density at radius 1 is 1.06 bits per heavy atom. The lowest BCUT2D eigenvalue weighted by molar-refractivity contribution is 0.261. The highest BCUT2D eigenvalue weighted by Crippen LogP contribution is 2.24. The molecule has 0 fully saturated rings. The van der Waals surface area contributed by atoms with E-state index in [1.807, 2.05) is 20.8 Å². The molecule has 0 aliphatic heterocycles. The molecule has 0 atom stereocenters. The quantitative estimate of drug-likeness (QED) is 0.493. The molecule has 0 saturated heterocycles. The summed E-state index contributed by atoms with van der Waals surface area (Å²) in [6, 6.07) is 11.4. The van der Waals surface area contributed by atoms with E-state index < -0.39 is 21.9 Å². The van der Waals surface area contributed by atoms with Gasteiger partial charge in [0.1, 0.15) is 10.1 Å². The lowest BCUT2D eigenvalue weighted by Gasteiger charge is -2.12. The topological polar surface area (TPSA) is 174 Å². The van der Waals surface area contributed by atoms with Gasteiger partial charge in [-0.2, -0.15) is 0 Å². The summed E-state index contributed by atoms with van der Waals surface area (Å²) < 4.78 is 37.5. The zero-order chi connectivity index (χ0) is 21.9. The molecule has 31 heavy (non-hydrogen) atoms. The van der Waals surface area contributed by atoms with E-state index in [4.69, 9.17) is 4.52 Å². The van der Waals surface area contributed by atoms with Crippen LogP contribution in [0.3, 0.4) is 0 Å². The van der Waals surface area contributed by atoms with Crippen LogP contribution in [0.5, 0.6) is 0 Å². The second kappa shape index (κ2) is 9.25. The Morgan fingerprint density at radius 3 is 2.23 bits per heavy atom. The Morgan fingerprint density at radius 2 is 1.71 bits per heavy atom. The molecule has 166 valence electrons. The van der Waals surface area contributed by atoms with Gasteiger partial charge in [0.2, 0.25) is 5.88 Å². The van der Waals surface area contributed by atoms with Gasteiger partial charge in [-0.15, -0.1) is 0 Å². The van der Waals surface area contributed by atoms with Gasteiger partial charge < -0.3 is 20.5 Å². The maximum Gasteiger partial charge on any atom is 0.326 e. The average Bonchev–Trinajstić information content (AvgIpc) is 3.10. The van der Waals surface area contributed by atoms with E-state index in [0.717, 1.165) is 16.8 Å². The average molecular weight is 448 g/mol. The normalized spacial score (nSPS) is 11.5. The Labute approximate surface area is 180 Å². The monoisotopic (exact) mass is 447 g/mol. The Balaban J connectivity index is 0.00000341. The first-order valence-electron chi connectivity index (χ1n) is 9.04. The molecule has 0 unspecified atom stereocenters. The highest BCUT2D eigenvalue weighted by molar-refractivity contribution is 7.84. The number of carbonyl (C=O) groups excluding carboxylic acids is 1. The molecule has 3 aromatic rings. The summed E-state index contributed by atoms with van der Waals surface area (Å²) in [6.45, 7) is 5.97. The van der Waals surface area contributed by atoms with Crippen molar-refractivity contribution in [1.29, 1.82) is 0 Å². The van der Waals surface area contributed by atoms with Crippen molar-refractivity contribution in [2.45, 2.75) is 31.9 Å². The first kappa shape index (κ1) is 24.0.